The summed E-state index contributed by atoms with van der Waals surface area (Å²) < 4.78 is 30.9. The molecule has 1 N–H and O–H groups in total. The van der Waals surface area contributed by atoms with Crippen LogP contribution >= 0.6 is 11.6 Å². The molecule has 0 bridgehead atoms. The number of anilines is 2. The normalized spacial score (nSPS) is 15.2. The van der Waals surface area contributed by atoms with Crippen LogP contribution in [0.15, 0.2) is 72.9 Å². The number of ether oxygens (including phenoxy) is 1. The van der Waals surface area contributed by atoms with E-state index in [-0.39, 0.29) is 23.1 Å². The van der Waals surface area contributed by atoms with Crippen LogP contribution in [0.4, 0.5) is 11.4 Å². The highest BCUT2D eigenvalue weighted by Crippen LogP contribution is 2.32. The van der Waals surface area contributed by atoms with Crippen molar-refractivity contribution in [2.75, 3.05) is 28.7 Å². The molecule has 9 heteroatoms. The quantitative estimate of drug-likeness (QED) is 0.408. The molecule has 1 aliphatic rings. The molecular weight excluding hydrogens is 486 g/mol. The summed E-state index contributed by atoms with van der Waals surface area (Å²) >= 11 is 6.40. The summed E-state index contributed by atoms with van der Waals surface area (Å²) in [6.45, 7) is 2.48. The number of aryl methyl sites for hydroxylation is 1. The number of fused-ring (bicyclic) bond motifs is 1. The van der Waals surface area contributed by atoms with Crippen molar-refractivity contribution in [2.24, 2.45) is 0 Å². The van der Waals surface area contributed by atoms with Crippen molar-refractivity contribution in [3.63, 3.8) is 0 Å². The lowest BCUT2D eigenvalue weighted by Crippen LogP contribution is -2.41. The number of halogens is 1. The Bertz CT molecular complexity index is 1550. The van der Waals surface area contributed by atoms with Gasteiger partial charge >= 0.3 is 0 Å². The van der Waals surface area contributed by atoms with Gasteiger partial charge in [0, 0.05) is 22.8 Å². The highest BCUT2D eigenvalue weighted by molar-refractivity contribution is 7.92. The second-order valence-electron chi connectivity index (χ2n) is 8.24. The summed E-state index contributed by atoms with van der Waals surface area (Å²) in [7, 11) is -3.58. The van der Waals surface area contributed by atoms with Crippen LogP contribution in [0.25, 0.3) is 22.0 Å². The van der Waals surface area contributed by atoms with Gasteiger partial charge in [-0.25, -0.2) is 8.42 Å². The zero-order chi connectivity index (χ0) is 24.6. The third-order valence-corrected chi connectivity index (χ3v) is 7.76. The number of sulfonamides is 1. The number of pyridine rings is 1. The predicted molar refractivity (Wildman–Crippen MR) is 138 cm³/mol. The maximum atomic E-state index is 13.0. The lowest BCUT2D eigenvalue weighted by atomic mass is 9.99. The number of amides is 1. The van der Waals surface area contributed by atoms with Crippen molar-refractivity contribution in [1.82, 2.24) is 4.98 Å². The fourth-order valence-electron chi connectivity index (χ4n) is 4.13. The van der Waals surface area contributed by atoms with E-state index in [1.54, 1.807) is 12.3 Å². The Morgan fingerprint density at radius 1 is 1.09 bits per heavy atom. The highest BCUT2D eigenvalue weighted by atomic mass is 35.5. The van der Waals surface area contributed by atoms with E-state index in [9.17, 15) is 13.2 Å². The van der Waals surface area contributed by atoms with Gasteiger partial charge in [0.05, 0.1) is 35.1 Å². The molecule has 1 aromatic heterocycles. The zero-order valence-electron chi connectivity index (χ0n) is 18.9. The molecule has 7 nitrogen and oxygen atoms in total. The molecule has 5 rings (SSSR count). The van der Waals surface area contributed by atoms with E-state index in [1.807, 2.05) is 55.5 Å². The monoisotopic (exact) mass is 507 g/mol. The molecule has 0 radical (unpaired) electrons. The number of aromatic nitrogens is 1. The van der Waals surface area contributed by atoms with Crippen molar-refractivity contribution in [3.05, 3.63) is 89.1 Å². The standard InChI is InChI=1S/C26H22ClN3O4S/c1-17-6-7-19(14-23(17)25-21-5-3-2-4-18(21)10-11-28-25)29-26(31)22-9-8-20(15-24(22)27)30-12-13-34-16-35(30,32)33/h2-11,14-15H,12-13,16H2,1H3,(H,29,31). The Balaban J connectivity index is 1.43. The first-order valence-electron chi connectivity index (χ1n) is 11.0. The minimum Gasteiger partial charge on any atom is -0.362 e. The van der Waals surface area contributed by atoms with Crippen molar-refractivity contribution in [1.29, 1.82) is 0 Å². The Morgan fingerprint density at radius 2 is 1.91 bits per heavy atom. The maximum Gasteiger partial charge on any atom is 0.259 e. The van der Waals surface area contributed by atoms with Crippen molar-refractivity contribution in [2.45, 2.75) is 6.92 Å². The van der Waals surface area contributed by atoms with Gasteiger partial charge in [-0.2, -0.15) is 0 Å². The van der Waals surface area contributed by atoms with E-state index >= 15 is 0 Å². The van der Waals surface area contributed by atoms with E-state index in [0.717, 1.165) is 27.6 Å². The number of rotatable bonds is 4. The number of benzene rings is 3. The zero-order valence-corrected chi connectivity index (χ0v) is 20.4. The lowest BCUT2D eigenvalue weighted by Gasteiger charge is -2.28. The van der Waals surface area contributed by atoms with E-state index < -0.39 is 15.9 Å². The smallest absolute Gasteiger partial charge is 0.259 e. The van der Waals surface area contributed by atoms with E-state index in [1.165, 1.54) is 16.4 Å². The van der Waals surface area contributed by atoms with Crippen molar-refractivity contribution in [3.8, 4) is 11.3 Å². The summed E-state index contributed by atoms with van der Waals surface area (Å²) in [5.41, 5.74) is 4.02. The molecule has 0 atom stereocenters. The molecule has 1 amide bonds. The highest BCUT2D eigenvalue weighted by Gasteiger charge is 2.27. The van der Waals surface area contributed by atoms with Gasteiger partial charge in [-0.15, -0.1) is 0 Å². The molecule has 0 saturated carbocycles. The maximum absolute atomic E-state index is 13.0. The first-order chi connectivity index (χ1) is 16.8. The molecule has 1 aliphatic heterocycles. The van der Waals surface area contributed by atoms with E-state index in [2.05, 4.69) is 10.3 Å². The van der Waals surface area contributed by atoms with Crippen LogP contribution in [0.1, 0.15) is 15.9 Å². The molecule has 0 unspecified atom stereocenters. The van der Waals surface area contributed by atoms with Gasteiger partial charge in [0.1, 0.15) is 0 Å². The van der Waals surface area contributed by atoms with Gasteiger partial charge in [-0.3, -0.25) is 14.1 Å². The number of nitrogens with zero attached hydrogens (tertiary/aromatic N) is 2. The fraction of sp³-hybridized carbons (Fsp3) is 0.154. The Hall–Kier alpha value is -3.46. The van der Waals surface area contributed by atoms with E-state index in [4.69, 9.17) is 16.3 Å². The van der Waals surface area contributed by atoms with Crippen LogP contribution in [0.2, 0.25) is 5.02 Å². The summed E-state index contributed by atoms with van der Waals surface area (Å²) in [5, 5.41) is 5.16. The topological polar surface area (TPSA) is 88.6 Å². The summed E-state index contributed by atoms with van der Waals surface area (Å²) in [5.74, 6) is -0.777. The fourth-order valence-corrected chi connectivity index (χ4v) is 5.64. The van der Waals surface area contributed by atoms with Gasteiger partial charge < -0.3 is 10.1 Å². The summed E-state index contributed by atoms with van der Waals surface area (Å²) in [4.78, 5) is 17.6. The van der Waals surface area contributed by atoms with Crippen LogP contribution < -0.4 is 9.62 Å². The first kappa shape index (κ1) is 23.3. The molecule has 1 fully saturated rings. The number of carbonyl (C=O) groups excluding carboxylic acids is 1. The first-order valence-corrected chi connectivity index (χ1v) is 13.0. The van der Waals surface area contributed by atoms with Crippen LogP contribution in [0.5, 0.6) is 0 Å². The van der Waals surface area contributed by atoms with Crippen molar-refractivity contribution >= 4 is 49.7 Å². The van der Waals surface area contributed by atoms with E-state index in [0.29, 0.717) is 18.0 Å². The van der Waals surface area contributed by atoms with Gasteiger partial charge in [0.25, 0.3) is 15.9 Å². The summed E-state index contributed by atoms with van der Waals surface area (Å²) in [6, 6.07) is 20.2. The van der Waals surface area contributed by atoms with Gasteiger partial charge in [0.2, 0.25) is 0 Å². The average molecular weight is 508 g/mol. The van der Waals surface area contributed by atoms with Crippen molar-refractivity contribution < 1.29 is 17.9 Å². The molecule has 4 aromatic rings. The SMILES string of the molecule is Cc1ccc(NC(=O)c2ccc(N3CCOCS3(=O)=O)cc2Cl)cc1-c1nccc2ccccc12. The second kappa shape index (κ2) is 9.30. The number of carbonyl (C=O) groups is 1. The lowest BCUT2D eigenvalue weighted by molar-refractivity contribution is 0.102. The van der Waals surface area contributed by atoms with Crippen LogP contribution in [0, 0.1) is 6.92 Å². The minimum absolute atomic E-state index is 0.157. The Morgan fingerprint density at radius 3 is 2.71 bits per heavy atom. The predicted octanol–water partition coefficient (Wildman–Crippen LogP) is 5.24. The molecule has 3 aromatic carbocycles. The third-order valence-electron chi connectivity index (χ3n) is 5.92. The molecule has 2 heterocycles. The molecular formula is C26H22ClN3O4S. The van der Waals surface area contributed by atoms with Crippen LogP contribution in [-0.2, 0) is 14.8 Å². The van der Waals surface area contributed by atoms with Gasteiger partial charge in [0.15, 0.2) is 5.94 Å². The molecule has 0 spiro atoms. The average Bonchev–Trinajstić information content (AvgIpc) is 2.84. The summed E-state index contributed by atoms with van der Waals surface area (Å²) in [6.07, 6.45) is 1.78. The Kier molecular flexibility index (Phi) is 6.19. The minimum atomic E-state index is -3.58. The van der Waals surface area contributed by atoms with Gasteiger partial charge in [-0.1, -0.05) is 41.9 Å². The largest absolute Gasteiger partial charge is 0.362 e. The molecule has 1 saturated heterocycles. The second-order valence-corrected chi connectivity index (χ2v) is 10.5. The Labute approximate surface area is 208 Å². The number of hydrogen-bond acceptors (Lipinski definition) is 5. The third kappa shape index (κ3) is 4.60. The van der Waals surface area contributed by atoms with Crippen LogP contribution in [-0.4, -0.2) is 38.4 Å². The molecule has 0 aliphatic carbocycles. The number of nitrogens with one attached hydrogen (secondary N) is 1. The molecule has 178 valence electrons. The number of hydrogen-bond donors (Lipinski definition) is 1. The van der Waals surface area contributed by atoms with Gasteiger partial charge in [-0.05, 0) is 54.3 Å². The molecule has 35 heavy (non-hydrogen) atoms. The van der Waals surface area contributed by atoms with Crippen LogP contribution in [0.3, 0.4) is 0 Å².